The molecule has 0 aliphatic carbocycles. The van der Waals surface area contributed by atoms with Crippen LogP contribution in [0.1, 0.15) is 42.0 Å². The summed E-state index contributed by atoms with van der Waals surface area (Å²) in [6.45, 7) is 3.15. The molecule has 2 atom stereocenters. The highest BCUT2D eigenvalue weighted by atomic mass is 35.5. The molecule has 0 saturated carbocycles. The van der Waals surface area contributed by atoms with Crippen LogP contribution in [0.4, 0.5) is 4.39 Å². The average Bonchev–Trinajstić information content (AvgIpc) is 2.72. The summed E-state index contributed by atoms with van der Waals surface area (Å²) in [6.07, 6.45) is 0.954. The van der Waals surface area contributed by atoms with E-state index in [1.54, 1.807) is 7.11 Å². The number of methoxy groups -OCH3 is 1. The molecule has 3 rings (SSSR count). The summed E-state index contributed by atoms with van der Waals surface area (Å²) in [7, 11) is 1.67. The van der Waals surface area contributed by atoms with E-state index in [2.05, 4.69) is 36.5 Å². The maximum absolute atomic E-state index is 13.4. The fourth-order valence-electron chi connectivity index (χ4n) is 3.47. The number of hydrogen-bond donors (Lipinski definition) is 1. The first kappa shape index (κ1) is 20.4. The van der Waals surface area contributed by atoms with Gasteiger partial charge in [0.05, 0.1) is 13.7 Å². The molecule has 4 heteroatoms. The standard InChI is InChI=1S/C24H25ClFNO/c1-17(18-3-9-21(25)10-4-18)27-16-15-24(19-5-11-22(26)12-6-19)20-7-13-23(28-2)14-8-20/h3-14,17,24,27H,15-16H2,1-2H3/p+1/t17-,24+/m0/s1. The maximum Gasteiger partial charge on any atom is 0.123 e. The smallest absolute Gasteiger partial charge is 0.123 e. The largest absolute Gasteiger partial charge is 0.497 e. The third-order valence-corrected chi connectivity index (χ3v) is 5.41. The number of benzene rings is 3. The number of rotatable bonds is 8. The molecule has 0 heterocycles. The summed E-state index contributed by atoms with van der Waals surface area (Å²) in [5.41, 5.74) is 3.59. The molecule has 0 amide bonds. The van der Waals surface area contributed by atoms with Gasteiger partial charge < -0.3 is 10.1 Å². The van der Waals surface area contributed by atoms with Crippen molar-refractivity contribution in [2.24, 2.45) is 0 Å². The zero-order valence-electron chi connectivity index (χ0n) is 16.2. The Bertz CT molecular complexity index is 863. The lowest BCUT2D eigenvalue weighted by atomic mass is 9.88. The molecule has 0 aliphatic rings. The lowest BCUT2D eigenvalue weighted by Gasteiger charge is -2.19. The second kappa shape index (κ2) is 9.72. The van der Waals surface area contributed by atoms with Crippen molar-refractivity contribution in [1.82, 2.24) is 0 Å². The molecule has 0 spiro atoms. The minimum Gasteiger partial charge on any atom is -0.497 e. The van der Waals surface area contributed by atoms with E-state index in [9.17, 15) is 4.39 Å². The van der Waals surface area contributed by atoms with Crippen LogP contribution in [0.15, 0.2) is 72.8 Å². The first-order valence-corrected chi connectivity index (χ1v) is 9.93. The molecule has 0 fully saturated rings. The van der Waals surface area contributed by atoms with E-state index in [1.807, 2.05) is 36.4 Å². The molecule has 28 heavy (non-hydrogen) atoms. The quantitative estimate of drug-likeness (QED) is 0.545. The Labute approximate surface area is 171 Å². The van der Waals surface area contributed by atoms with Crippen molar-refractivity contribution >= 4 is 11.6 Å². The second-order valence-electron chi connectivity index (χ2n) is 7.03. The maximum atomic E-state index is 13.4. The second-order valence-corrected chi connectivity index (χ2v) is 7.47. The Hall–Kier alpha value is -2.36. The molecule has 2 nitrogen and oxygen atoms in total. The molecule has 0 bridgehead atoms. The average molecular weight is 399 g/mol. The van der Waals surface area contributed by atoms with Crippen molar-refractivity contribution in [3.8, 4) is 5.75 Å². The highest BCUT2D eigenvalue weighted by molar-refractivity contribution is 6.30. The summed E-state index contributed by atoms with van der Waals surface area (Å²) in [6, 6.07) is 23.3. The number of quaternary nitrogens is 1. The number of nitrogens with two attached hydrogens (primary N) is 1. The zero-order valence-corrected chi connectivity index (χ0v) is 17.0. The Morgan fingerprint density at radius 1 is 0.857 bits per heavy atom. The number of hydrogen-bond acceptors (Lipinski definition) is 1. The highest BCUT2D eigenvalue weighted by Crippen LogP contribution is 2.29. The zero-order chi connectivity index (χ0) is 19.9. The van der Waals surface area contributed by atoms with E-state index in [4.69, 9.17) is 16.3 Å². The van der Waals surface area contributed by atoms with Gasteiger partial charge in [-0.3, -0.25) is 0 Å². The Balaban J connectivity index is 1.71. The number of ether oxygens (including phenoxy) is 1. The number of halogens is 2. The van der Waals surface area contributed by atoms with Gasteiger partial charge >= 0.3 is 0 Å². The van der Waals surface area contributed by atoms with Gasteiger partial charge in [0, 0.05) is 22.9 Å². The van der Waals surface area contributed by atoms with Crippen LogP contribution in [0.2, 0.25) is 5.02 Å². The van der Waals surface area contributed by atoms with E-state index < -0.39 is 0 Å². The molecule has 146 valence electrons. The van der Waals surface area contributed by atoms with Crippen LogP contribution in [0.5, 0.6) is 5.75 Å². The predicted molar refractivity (Wildman–Crippen MR) is 113 cm³/mol. The van der Waals surface area contributed by atoms with Gasteiger partial charge in [-0.05, 0) is 54.4 Å². The summed E-state index contributed by atoms with van der Waals surface area (Å²) in [4.78, 5) is 0. The van der Waals surface area contributed by atoms with Crippen LogP contribution in [-0.2, 0) is 0 Å². The van der Waals surface area contributed by atoms with Crippen LogP contribution in [0.25, 0.3) is 0 Å². The van der Waals surface area contributed by atoms with Crippen molar-refractivity contribution in [2.45, 2.75) is 25.3 Å². The third-order valence-electron chi connectivity index (χ3n) is 5.16. The molecule has 0 unspecified atom stereocenters. The fourth-order valence-corrected chi connectivity index (χ4v) is 3.60. The lowest BCUT2D eigenvalue weighted by Crippen LogP contribution is -2.84. The topological polar surface area (TPSA) is 25.8 Å². The van der Waals surface area contributed by atoms with Gasteiger partial charge in [-0.15, -0.1) is 0 Å². The van der Waals surface area contributed by atoms with Crippen LogP contribution in [-0.4, -0.2) is 13.7 Å². The Morgan fingerprint density at radius 3 is 1.96 bits per heavy atom. The normalized spacial score (nSPS) is 13.1. The van der Waals surface area contributed by atoms with Crippen molar-refractivity contribution in [2.75, 3.05) is 13.7 Å². The Kier molecular flexibility index (Phi) is 7.07. The first-order valence-electron chi connectivity index (χ1n) is 9.55. The first-order chi connectivity index (χ1) is 13.6. The van der Waals surface area contributed by atoms with E-state index in [-0.39, 0.29) is 11.7 Å². The van der Waals surface area contributed by atoms with Gasteiger partial charge in [0.15, 0.2) is 0 Å². The van der Waals surface area contributed by atoms with E-state index in [0.717, 1.165) is 29.3 Å². The van der Waals surface area contributed by atoms with Crippen molar-refractivity contribution < 1.29 is 14.4 Å². The van der Waals surface area contributed by atoms with Crippen LogP contribution in [0, 0.1) is 5.82 Å². The summed E-state index contributed by atoms with van der Waals surface area (Å²) in [5, 5.41) is 3.09. The predicted octanol–water partition coefficient (Wildman–Crippen LogP) is 5.33. The van der Waals surface area contributed by atoms with Crippen molar-refractivity contribution in [3.63, 3.8) is 0 Å². The summed E-state index contributed by atoms with van der Waals surface area (Å²) < 4.78 is 18.7. The molecule has 0 saturated heterocycles. The molecule has 2 N–H and O–H groups in total. The Morgan fingerprint density at radius 2 is 1.39 bits per heavy atom. The van der Waals surface area contributed by atoms with Gasteiger partial charge in [0.1, 0.15) is 17.6 Å². The molecule has 0 radical (unpaired) electrons. The third kappa shape index (κ3) is 5.34. The minimum absolute atomic E-state index is 0.208. The van der Waals surface area contributed by atoms with Crippen molar-refractivity contribution in [3.05, 3.63) is 100 Å². The fraction of sp³-hybridized carbons (Fsp3) is 0.250. The molecule has 3 aromatic carbocycles. The van der Waals surface area contributed by atoms with Gasteiger partial charge in [-0.1, -0.05) is 48.0 Å². The molecule has 0 aromatic heterocycles. The minimum atomic E-state index is -0.208. The van der Waals surface area contributed by atoms with E-state index in [1.165, 1.54) is 23.3 Å². The SMILES string of the molecule is COc1ccc([C@H](CC[NH2+][C@@H](C)c2ccc(Cl)cc2)c2ccc(F)cc2)cc1. The van der Waals surface area contributed by atoms with E-state index in [0.29, 0.717) is 6.04 Å². The molecule has 3 aromatic rings. The highest BCUT2D eigenvalue weighted by Gasteiger charge is 2.17. The molecular weight excluding hydrogens is 373 g/mol. The van der Waals surface area contributed by atoms with Gasteiger partial charge in [-0.2, -0.15) is 0 Å². The molecule has 0 aliphatic heterocycles. The van der Waals surface area contributed by atoms with Crippen LogP contribution >= 0.6 is 11.6 Å². The summed E-state index contributed by atoms with van der Waals surface area (Å²) >= 11 is 5.98. The van der Waals surface area contributed by atoms with Gasteiger partial charge in [0.2, 0.25) is 0 Å². The lowest BCUT2D eigenvalue weighted by molar-refractivity contribution is -0.693. The van der Waals surface area contributed by atoms with Crippen LogP contribution in [0.3, 0.4) is 0 Å². The van der Waals surface area contributed by atoms with Crippen molar-refractivity contribution in [1.29, 1.82) is 0 Å². The monoisotopic (exact) mass is 398 g/mol. The van der Waals surface area contributed by atoms with Crippen LogP contribution < -0.4 is 10.1 Å². The van der Waals surface area contributed by atoms with Gasteiger partial charge in [-0.25, -0.2) is 4.39 Å². The molecular formula is C24H26ClFNO+. The summed E-state index contributed by atoms with van der Waals surface area (Å²) in [5.74, 6) is 0.838. The van der Waals surface area contributed by atoms with Gasteiger partial charge in [0.25, 0.3) is 0 Å². The van der Waals surface area contributed by atoms with E-state index >= 15 is 0 Å².